The molecule has 8 heteroatoms. The topological polar surface area (TPSA) is 76.2 Å². The number of benzene rings is 1. The third kappa shape index (κ3) is 4.44. The molecule has 2 aliphatic heterocycles. The van der Waals surface area contributed by atoms with E-state index in [-0.39, 0.29) is 37.5 Å². The summed E-state index contributed by atoms with van der Waals surface area (Å²) in [5.41, 5.74) is 1.01. The highest BCUT2D eigenvalue weighted by Crippen LogP contribution is 2.36. The van der Waals surface area contributed by atoms with E-state index in [1.54, 1.807) is 0 Å². The van der Waals surface area contributed by atoms with E-state index in [1.165, 1.54) is 10.7 Å². The third-order valence-corrected chi connectivity index (χ3v) is 8.91. The van der Waals surface area contributed by atoms with Crippen LogP contribution in [0.15, 0.2) is 18.2 Å². The van der Waals surface area contributed by atoms with Crippen molar-refractivity contribution < 1.29 is 22.7 Å². The molecule has 1 aliphatic carbocycles. The average Bonchev–Trinajstić information content (AvgIpc) is 3.31. The molecule has 2 heterocycles. The number of ether oxygens (including phenoxy) is 2. The fraction of sp³-hybridized carbons (Fsp3) is 0.682. The zero-order valence-corrected chi connectivity index (χ0v) is 18.7. The van der Waals surface area contributed by atoms with E-state index >= 15 is 0 Å². The summed E-state index contributed by atoms with van der Waals surface area (Å²) in [5.74, 6) is 2.64. The fourth-order valence-corrected chi connectivity index (χ4v) is 6.46. The van der Waals surface area contributed by atoms with Crippen molar-refractivity contribution in [3.05, 3.63) is 23.8 Å². The lowest BCUT2D eigenvalue weighted by Crippen LogP contribution is -2.47. The summed E-state index contributed by atoms with van der Waals surface area (Å²) in [7, 11) is -3.19. The van der Waals surface area contributed by atoms with Crippen molar-refractivity contribution >= 4 is 15.9 Å². The molecule has 3 aliphatic rings. The van der Waals surface area contributed by atoms with E-state index in [4.69, 9.17) is 9.47 Å². The Hall–Kier alpha value is -1.80. The van der Waals surface area contributed by atoms with Crippen LogP contribution >= 0.6 is 0 Å². The number of rotatable bonds is 6. The fourth-order valence-electron chi connectivity index (χ4n) is 4.93. The Morgan fingerprint density at radius 2 is 1.97 bits per heavy atom. The molecule has 166 valence electrons. The highest BCUT2D eigenvalue weighted by molar-refractivity contribution is 7.89. The quantitative estimate of drug-likeness (QED) is 0.685. The SMILES string of the molecule is C[C@H]1[C@H](C)CCC[C@H]1N(Cc1ccc2c(c1)OCO2)C(=O)CCN1CCCS1(=O)=O. The van der Waals surface area contributed by atoms with E-state index in [0.717, 1.165) is 24.2 Å². The molecule has 1 aromatic carbocycles. The van der Waals surface area contributed by atoms with E-state index in [2.05, 4.69) is 13.8 Å². The lowest BCUT2D eigenvalue weighted by molar-refractivity contribution is -0.137. The van der Waals surface area contributed by atoms with Crippen molar-refractivity contribution in [3.8, 4) is 11.5 Å². The Balaban J connectivity index is 1.51. The normalized spacial score (nSPS) is 27.9. The van der Waals surface area contributed by atoms with Gasteiger partial charge in [-0.2, -0.15) is 0 Å². The highest BCUT2D eigenvalue weighted by atomic mass is 32.2. The van der Waals surface area contributed by atoms with Gasteiger partial charge in [0.05, 0.1) is 5.75 Å². The number of carbonyl (C=O) groups is 1. The van der Waals surface area contributed by atoms with Crippen LogP contribution in [0.4, 0.5) is 0 Å². The van der Waals surface area contributed by atoms with Crippen LogP contribution in [0.1, 0.15) is 51.5 Å². The summed E-state index contributed by atoms with van der Waals surface area (Å²) in [4.78, 5) is 15.3. The van der Waals surface area contributed by atoms with Gasteiger partial charge < -0.3 is 14.4 Å². The summed E-state index contributed by atoms with van der Waals surface area (Å²) >= 11 is 0. The summed E-state index contributed by atoms with van der Waals surface area (Å²) in [5, 5.41) is 0. The van der Waals surface area contributed by atoms with Gasteiger partial charge >= 0.3 is 0 Å². The number of hydrogen-bond acceptors (Lipinski definition) is 5. The molecule has 0 aromatic heterocycles. The zero-order chi connectivity index (χ0) is 21.3. The number of fused-ring (bicyclic) bond motifs is 1. The van der Waals surface area contributed by atoms with Gasteiger partial charge in [-0.25, -0.2) is 12.7 Å². The predicted octanol–water partition coefficient (Wildman–Crippen LogP) is 2.99. The molecule has 0 bridgehead atoms. The molecule has 3 atom stereocenters. The summed E-state index contributed by atoms with van der Waals surface area (Å²) in [6, 6.07) is 5.99. The molecule has 0 spiro atoms. The first kappa shape index (κ1) is 21.4. The molecule has 1 saturated carbocycles. The maximum Gasteiger partial charge on any atom is 0.231 e. The molecule has 4 rings (SSSR count). The molecule has 1 aromatic rings. The monoisotopic (exact) mass is 436 g/mol. The lowest BCUT2D eigenvalue weighted by atomic mass is 9.77. The standard InChI is InChI=1S/C22H32N2O5S/c1-16-5-3-6-19(17(16)2)24(14-18-7-8-20-21(13-18)29-15-28-20)22(25)9-11-23-10-4-12-30(23,26)27/h7-8,13,16-17,19H,3-6,9-12,14-15H2,1-2H3/t16-,17+,19-/m1/s1. The minimum absolute atomic E-state index is 0.0284. The molecule has 7 nitrogen and oxygen atoms in total. The summed E-state index contributed by atoms with van der Waals surface area (Å²) < 4.78 is 36.6. The second-order valence-corrected chi connectivity index (χ2v) is 11.0. The Labute approximate surface area is 179 Å². The number of amides is 1. The molecule has 0 N–H and O–H groups in total. The number of nitrogens with zero attached hydrogens (tertiary/aromatic N) is 2. The maximum atomic E-state index is 13.3. The third-order valence-electron chi connectivity index (χ3n) is 6.95. The first-order valence-corrected chi connectivity index (χ1v) is 12.6. The minimum Gasteiger partial charge on any atom is -0.454 e. The van der Waals surface area contributed by atoms with Crippen molar-refractivity contribution in [1.29, 1.82) is 0 Å². The van der Waals surface area contributed by atoms with Crippen molar-refractivity contribution in [2.45, 2.75) is 58.5 Å². The number of carbonyl (C=O) groups excluding carboxylic acids is 1. The van der Waals surface area contributed by atoms with Crippen LogP contribution in [0.2, 0.25) is 0 Å². The Morgan fingerprint density at radius 3 is 2.73 bits per heavy atom. The van der Waals surface area contributed by atoms with Gasteiger partial charge in [-0.1, -0.05) is 32.8 Å². The molecular formula is C22H32N2O5S. The Kier molecular flexibility index (Phi) is 6.25. The first-order valence-electron chi connectivity index (χ1n) is 11.0. The smallest absolute Gasteiger partial charge is 0.231 e. The van der Waals surface area contributed by atoms with Gasteiger partial charge in [0, 0.05) is 32.1 Å². The van der Waals surface area contributed by atoms with Crippen molar-refractivity contribution in [1.82, 2.24) is 9.21 Å². The second kappa shape index (κ2) is 8.75. The van der Waals surface area contributed by atoms with Gasteiger partial charge in [-0.3, -0.25) is 4.79 Å². The molecule has 1 saturated heterocycles. The van der Waals surface area contributed by atoms with Crippen molar-refractivity contribution in [2.75, 3.05) is 25.6 Å². The van der Waals surface area contributed by atoms with Gasteiger partial charge in [-0.15, -0.1) is 0 Å². The number of hydrogen-bond donors (Lipinski definition) is 0. The van der Waals surface area contributed by atoms with E-state index in [9.17, 15) is 13.2 Å². The van der Waals surface area contributed by atoms with Gasteiger partial charge in [0.15, 0.2) is 11.5 Å². The van der Waals surface area contributed by atoms with Crippen molar-refractivity contribution in [3.63, 3.8) is 0 Å². The Bertz CT molecular complexity index is 888. The van der Waals surface area contributed by atoms with E-state index in [1.807, 2.05) is 23.1 Å². The van der Waals surface area contributed by atoms with Crippen LogP contribution in [0.5, 0.6) is 11.5 Å². The second-order valence-electron chi connectivity index (χ2n) is 8.86. The van der Waals surface area contributed by atoms with Gasteiger partial charge in [-0.05, 0) is 42.4 Å². The van der Waals surface area contributed by atoms with Gasteiger partial charge in [0.25, 0.3) is 0 Å². The molecule has 30 heavy (non-hydrogen) atoms. The summed E-state index contributed by atoms with van der Waals surface area (Å²) in [6.45, 7) is 6.02. The Morgan fingerprint density at radius 1 is 1.17 bits per heavy atom. The first-order chi connectivity index (χ1) is 14.3. The zero-order valence-electron chi connectivity index (χ0n) is 17.9. The predicted molar refractivity (Wildman–Crippen MR) is 114 cm³/mol. The van der Waals surface area contributed by atoms with E-state index in [0.29, 0.717) is 37.1 Å². The van der Waals surface area contributed by atoms with Crippen molar-refractivity contribution in [2.24, 2.45) is 11.8 Å². The van der Waals surface area contributed by atoms with Gasteiger partial charge in [0.2, 0.25) is 22.7 Å². The molecular weight excluding hydrogens is 404 g/mol. The molecule has 1 amide bonds. The highest BCUT2D eigenvalue weighted by Gasteiger charge is 2.35. The minimum atomic E-state index is -3.19. The van der Waals surface area contributed by atoms with Crippen LogP contribution in [-0.4, -0.2) is 55.2 Å². The molecule has 2 fully saturated rings. The van der Waals surface area contributed by atoms with Crippen LogP contribution in [0.3, 0.4) is 0 Å². The number of sulfonamides is 1. The summed E-state index contributed by atoms with van der Waals surface area (Å²) in [6.07, 6.45) is 4.16. The van der Waals surface area contributed by atoms with E-state index < -0.39 is 10.0 Å². The molecule has 0 radical (unpaired) electrons. The van der Waals surface area contributed by atoms with Crippen LogP contribution in [-0.2, 0) is 21.4 Å². The average molecular weight is 437 g/mol. The lowest BCUT2D eigenvalue weighted by Gasteiger charge is -2.42. The van der Waals surface area contributed by atoms with Crippen LogP contribution < -0.4 is 9.47 Å². The van der Waals surface area contributed by atoms with Crippen LogP contribution in [0.25, 0.3) is 0 Å². The maximum absolute atomic E-state index is 13.3. The van der Waals surface area contributed by atoms with Crippen LogP contribution in [0, 0.1) is 11.8 Å². The largest absolute Gasteiger partial charge is 0.454 e. The molecule has 0 unspecified atom stereocenters. The van der Waals surface area contributed by atoms with Gasteiger partial charge in [0.1, 0.15) is 0 Å².